The van der Waals surface area contributed by atoms with Gasteiger partial charge in [0.2, 0.25) is 0 Å². The van der Waals surface area contributed by atoms with Crippen LogP contribution in [-0.2, 0) is 0 Å². The first-order valence-corrected chi connectivity index (χ1v) is 5.56. The number of rotatable bonds is 1. The van der Waals surface area contributed by atoms with Gasteiger partial charge in [0.25, 0.3) is 0 Å². The molecule has 0 aromatic heterocycles. The highest BCUT2D eigenvalue weighted by atomic mass is 79.9. The second-order valence-corrected chi connectivity index (χ2v) is 4.57. The molecule has 1 unspecified atom stereocenters. The molecule has 2 heteroatoms. The number of aryl methyl sites for hydroxylation is 1. The third-order valence-electron chi connectivity index (χ3n) is 2.67. The fourth-order valence-electron chi connectivity index (χ4n) is 1.98. The van der Waals surface area contributed by atoms with E-state index in [0.717, 1.165) is 0 Å². The normalized spacial score (nSPS) is 22.2. The Labute approximate surface area is 87.7 Å². The molecule has 1 fully saturated rings. The maximum absolute atomic E-state index is 3.52. The Morgan fingerprint density at radius 3 is 2.92 bits per heavy atom. The summed E-state index contributed by atoms with van der Waals surface area (Å²) in [4.78, 5) is 0. The molecule has 0 aliphatic carbocycles. The van der Waals surface area contributed by atoms with Gasteiger partial charge in [-0.15, -0.1) is 0 Å². The van der Waals surface area contributed by atoms with Crippen molar-refractivity contribution in [3.8, 4) is 0 Å². The van der Waals surface area contributed by atoms with E-state index in [1.807, 2.05) is 0 Å². The van der Waals surface area contributed by atoms with E-state index in [-0.39, 0.29) is 0 Å². The molecule has 1 N–H and O–H groups in total. The standard InChI is InChI=1S/C11H14BrN/c1-8-7-9(12)4-5-10(8)11-3-2-6-13-11/h4-5,7,11,13H,2-3,6H2,1H3. The highest BCUT2D eigenvalue weighted by Crippen LogP contribution is 2.27. The highest BCUT2D eigenvalue weighted by molar-refractivity contribution is 9.10. The first kappa shape index (κ1) is 9.22. The molecule has 0 spiro atoms. The van der Waals surface area contributed by atoms with Crippen LogP contribution in [0.15, 0.2) is 22.7 Å². The Balaban J connectivity index is 2.29. The van der Waals surface area contributed by atoms with Crippen LogP contribution in [0.3, 0.4) is 0 Å². The number of benzene rings is 1. The number of nitrogens with one attached hydrogen (secondary N) is 1. The van der Waals surface area contributed by atoms with Gasteiger partial charge in [0.15, 0.2) is 0 Å². The lowest BCUT2D eigenvalue weighted by Crippen LogP contribution is -2.13. The Morgan fingerprint density at radius 1 is 1.46 bits per heavy atom. The van der Waals surface area contributed by atoms with Crippen LogP contribution in [0.4, 0.5) is 0 Å². The van der Waals surface area contributed by atoms with Gasteiger partial charge in [0.1, 0.15) is 0 Å². The molecule has 13 heavy (non-hydrogen) atoms. The summed E-state index contributed by atoms with van der Waals surface area (Å²) in [5, 5.41) is 3.52. The predicted octanol–water partition coefficient (Wildman–Crippen LogP) is 3.18. The zero-order valence-electron chi connectivity index (χ0n) is 7.81. The van der Waals surface area contributed by atoms with Gasteiger partial charge in [0, 0.05) is 10.5 Å². The smallest absolute Gasteiger partial charge is 0.0323 e. The monoisotopic (exact) mass is 239 g/mol. The van der Waals surface area contributed by atoms with Gasteiger partial charge in [-0.3, -0.25) is 0 Å². The Morgan fingerprint density at radius 2 is 2.31 bits per heavy atom. The number of halogens is 1. The molecule has 1 aromatic rings. The molecule has 1 aliphatic heterocycles. The van der Waals surface area contributed by atoms with E-state index in [1.165, 1.54) is 35.0 Å². The van der Waals surface area contributed by atoms with E-state index in [1.54, 1.807) is 0 Å². The lowest BCUT2D eigenvalue weighted by molar-refractivity contribution is 0.643. The molecular formula is C11H14BrN. The van der Waals surface area contributed by atoms with Crippen LogP contribution in [0.25, 0.3) is 0 Å². The summed E-state index contributed by atoms with van der Waals surface area (Å²) < 4.78 is 1.17. The van der Waals surface area contributed by atoms with Crippen molar-refractivity contribution in [3.05, 3.63) is 33.8 Å². The molecule has 1 aliphatic rings. The quantitative estimate of drug-likeness (QED) is 0.794. The number of hydrogen-bond donors (Lipinski definition) is 1. The van der Waals surface area contributed by atoms with E-state index >= 15 is 0 Å². The third-order valence-corrected chi connectivity index (χ3v) is 3.16. The predicted molar refractivity (Wildman–Crippen MR) is 58.9 cm³/mol. The van der Waals surface area contributed by atoms with Crippen LogP contribution in [0.5, 0.6) is 0 Å². The topological polar surface area (TPSA) is 12.0 Å². The van der Waals surface area contributed by atoms with Crippen LogP contribution in [0, 0.1) is 6.92 Å². The number of hydrogen-bond acceptors (Lipinski definition) is 1. The summed E-state index contributed by atoms with van der Waals surface area (Å²) in [6.07, 6.45) is 2.59. The summed E-state index contributed by atoms with van der Waals surface area (Å²) in [7, 11) is 0. The van der Waals surface area contributed by atoms with Crippen molar-refractivity contribution in [2.45, 2.75) is 25.8 Å². The van der Waals surface area contributed by atoms with E-state index in [0.29, 0.717) is 6.04 Å². The highest BCUT2D eigenvalue weighted by Gasteiger charge is 2.17. The molecule has 0 amide bonds. The molecule has 1 saturated heterocycles. The minimum absolute atomic E-state index is 0.591. The lowest BCUT2D eigenvalue weighted by atomic mass is 10.0. The molecule has 1 atom stereocenters. The van der Waals surface area contributed by atoms with Gasteiger partial charge in [-0.1, -0.05) is 22.0 Å². The van der Waals surface area contributed by atoms with Gasteiger partial charge in [-0.05, 0) is 49.6 Å². The summed E-state index contributed by atoms with van der Waals surface area (Å²) in [6, 6.07) is 7.13. The molecule has 70 valence electrons. The van der Waals surface area contributed by atoms with Crippen LogP contribution in [0.2, 0.25) is 0 Å². The van der Waals surface area contributed by atoms with Crippen molar-refractivity contribution < 1.29 is 0 Å². The van der Waals surface area contributed by atoms with Crippen molar-refractivity contribution in [2.75, 3.05) is 6.54 Å². The molecule has 1 heterocycles. The maximum Gasteiger partial charge on any atom is 0.0323 e. The van der Waals surface area contributed by atoms with E-state index in [2.05, 4.69) is 46.4 Å². The van der Waals surface area contributed by atoms with Gasteiger partial charge >= 0.3 is 0 Å². The molecule has 0 saturated carbocycles. The fourth-order valence-corrected chi connectivity index (χ4v) is 2.46. The Hall–Kier alpha value is -0.340. The first-order valence-electron chi connectivity index (χ1n) is 4.77. The Bertz CT molecular complexity index is 303. The van der Waals surface area contributed by atoms with Gasteiger partial charge in [-0.25, -0.2) is 0 Å². The SMILES string of the molecule is Cc1cc(Br)ccc1C1CCCN1. The van der Waals surface area contributed by atoms with Gasteiger partial charge in [-0.2, -0.15) is 0 Å². The molecule has 0 radical (unpaired) electrons. The molecular weight excluding hydrogens is 226 g/mol. The second-order valence-electron chi connectivity index (χ2n) is 3.65. The molecule has 2 rings (SSSR count). The van der Waals surface area contributed by atoms with Crippen molar-refractivity contribution in [1.29, 1.82) is 0 Å². The van der Waals surface area contributed by atoms with Crippen LogP contribution >= 0.6 is 15.9 Å². The van der Waals surface area contributed by atoms with Crippen molar-refractivity contribution in [2.24, 2.45) is 0 Å². The largest absolute Gasteiger partial charge is 0.310 e. The summed E-state index contributed by atoms with van der Waals surface area (Å²) in [5.74, 6) is 0. The average Bonchev–Trinajstić information content (AvgIpc) is 2.56. The zero-order chi connectivity index (χ0) is 9.26. The van der Waals surface area contributed by atoms with Crippen LogP contribution < -0.4 is 5.32 Å². The van der Waals surface area contributed by atoms with E-state index in [9.17, 15) is 0 Å². The van der Waals surface area contributed by atoms with Gasteiger partial charge < -0.3 is 5.32 Å². The van der Waals surface area contributed by atoms with Crippen LogP contribution in [0.1, 0.15) is 30.0 Å². The van der Waals surface area contributed by atoms with Crippen molar-refractivity contribution >= 4 is 15.9 Å². The minimum Gasteiger partial charge on any atom is -0.310 e. The minimum atomic E-state index is 0.591. The summed E-state index contributed by atoms with van der Waals surface area (Å²) in [5.41, 5.74) is 2.84. The maximum atomic E-state index is 3.52. The van der Waals surface area contributed by atoms with E-state index < -0.39 is 0 Å². The summed E-state index contributed by atoms with van der Waals surface area (Å²) in [6.45, 7) is 3.35. The van der Waals surface area contributed by atoms with Gasteiger partial charge in [0.05, 0.1) is 0 Å². The average molecular weight is 240 g/mol. The lowest BCUT2D eigenvalue weighted by Gasteiger charge is -2.13. The third kappa shape index (κ3) is 1.94. The molecule has 1 aromatic carbocycles. The summed E-state index contributed by atoms with van der Waals surface area (Å²) >= 11 is 3.48. The fraction of sp³-hybridized carbons (Fsp3) is 0.455. The zero-order valence-corrected chi connectivity index (χ0v) is 9.39. The second kappa shape index (κ2) is 3.81. The molecule has 1 nitrogen and oxygen atoms in total. The molecule has 0 bridgehead atoms. The van der Waals surface area contributed by atoms with E-state index in [4.69, 9.17) is 0 Å². The van der Waals surface area contributed by atoms with Crippen molar-refractivity contribution in [1.82, 2.24) is 5.32 Å². The first-order chi connectivity index (χ1) is 6.27. The Kier molecular flexibility index (Phi) is 2.70. The van der Waals surface area contributed by atoms with Crippen LogP contribution in [-0.4, -0.2) is 6.54 Å². The van der Waals surface area contributed by atoms with Crippen molar-refractivity contribution in [3.63, 3.8) is 0 Å².